The molecule has 0 aromatic carbocycles. The lowest BCUT2D eigenvalue weighted by atomic mass is 10.3. The first-order chi connectivity index (χ1) is 6.95. The standard InChI is InChI=1S/C11H12N2S/c1-2-7-13(6-1)10-8-14-11-9(10)4-3-5-12-11/h3-5,8H,1-2,6-7H2. The first kappa shape index (κ1) is 8.24. The summed E-state index contributed by atoms with van der Waals surface area (Å²) < 4.78 is 0. The van der Waals surface area contributed by atoms with Crippen molar-refractivity contribution in [2.75, 3.05) is 18.0 Å². The largest absolute Gasteiger partial charge is 0.370 e. The zero-order valence-electron chi connectivity index (χ0n) is 7.94. The number of aromatic nitrogens is 1. The number of anilines is 1. The highest BCUT2D eigenvalue weighted by Crippen LogP contribution is 2.33. The summed E-state index contributed by atoms with van der Waals surface area (Å²) in [5, 5.41) is 3.56. The molecule has 2 aromatic heterocycles. The van der Waals surface area contributed by atoms with Gasteiger partial charge in [-0.25, -0.2) is 4.98 Å². The second kappa shape index (κ2) is 3.24. The smallest absolute Gasteiger partial charge is 0.125 e. The fourth-order valence-corrected chi connectivity index (χ4v) is 2.98. The summed E-state index contributed by atoms with van der Waals surface area (Å²) >= 11 is 1.75. The third-order valence-corrected chi connectivity index (χ3v) is 3.67. The van der Waals surface area contributed by atoms with Crippen molar-refractivity contribution >= 4 is 27.2 Å². The molecule has 3 rings (SSSR count). The quantitative estimate of drug-likeness (QED) is 0.710. The van der Waals surface area contributed by atoms with Gasteiger partial charge in [-0.1, -0.05) is 0 Å². The van der Waals surface area contributed by atoms with E-state index in [0.717, 1.165) is 4.83 Å². The number of rotatable bonds is 1. The Kier molecular flexibility index (Phi) is 1.91. The summed E-state index contributed by atoms with van der Waals surface area (Å²) in [5.74, 6) is 0. The lowest BCUT2D eigenvalue weighted by Gasteiger charge is -2.15. The fourth-order valence-electron chi connectivity index (χ4n) is 2.06. The van der Waals surface area contributed by atoms with Crippen LogP contribution in [0.5, 0.6) is 0 Å². The number of hydrogen-bond donors (Lipinski definition) is 0. The Hall–Kier alpha value is -1.09. The summed E-state index contributed by atoms with van der Waals surface area (Å²) in [5.41, 5.74) is 1.38. The van der Waals surface area contributed by atoms with Gasteiger partial charge in [0.1, 0.15) is 4.83 Å². The van der Waals surface area contributed by atoms with E-state index in [9.17, 15) is 0 Å². The second-order valence-corrected chi connectivity index (χ2v) is 4.53. The van der Waals surface area contributed by atoms with Gasteiger partial charge >= 0.3 is 0 Å². The Labute approximate surface area is 87.2 Å². The zero-order chi connectivity index (χ0) is 9.38. The monoisotopic (exact) mass is 204 g/mol. The molecular weight excluding hydrogens is 192 g/mol. The maximum Gasteiger partial charge on any atom is 0.125 e. The molecule has 0 spiro atoms. The predicted molar refractivity (Wildman–Crippen MR) is 61.1 cm³/mol. The van der Waals surface area contributed by atoms with E-state index in [4.69, 9.17) is 0 Å². The van der Waals surface area contributed by atoms with E-state index in [-0.39, 0.29) is 0 Å². The number of pyridine rings is 1. The Morgan fingerprint density at radius 1 is 1.29 bits per heavy atom. The molecule has 1 fully saturated rings. The van der Waals surface area contributed by atoms with E-state index < -0.39 is 0 Å². The lowest BCUT2D eigenvalue weighted by Crippen LogP contribution is -2.16. The molecule has 0 radical (unpaired) electrons. The molecule has 0 atom stereocenters. The highest BCUT2D eigenvalue weighted by atomic mass is 32.1. The molecule has 1 aliphatic rings. The van der Waals surface area contributed by atoms with Crippen LogP contribution in [0.1, 0.15) is 12.8 Å². The molecular formula is C11H12N2S. The van der Waals surface area contributed by atoms with Crippen LogP contribution in [-0.4, -0.2) is 18.1 Å². The van der Waals surface area contributed by atoms with Crippen molar-refractivity contribution in [1.82, 2.24) is 4.98 Å². The Balaban J connectivity index is 2.11. The van der Waals surface area contributed by atoms with Gasteiger partial charge in [-0.3, -0.25) is 0 Å². The van der Waals surface area contributed by atoms with Crippen LogP contribution in [0.2, 0.25) is 0 Å². The lowest BCUT2D eigenvalue weighted by molar-refractivity contribution is 0.949. The van der Waals surface area contributed by atoms with Crippen molar-refractivity contribution in [3.63, 3.8) is 0 Å². The number of nitrogens with zero attached hydrogens (tertiary/aromatic N) is 2. The van der Waals surface area contributed by atoms with Crippen molar-refractivity contribution in [3.8, 4) is 0 Å². The summed E-state index contributed by atoms with van der Waals surface area (Å²) in [6.07, 6.45) is 4.53. The SMILES string of the molecule is c1cnc2scc(N3CCCC3)c2c1. The van der Waals surface area contributed by atoms with Gasteiger partial charge in [0.25, 0.3) is 0 Å². The average Bonchev–Trinajstić information content (AvgIpc) is 2.85. The van der Waals surface area contributed by atoms with Gasteiger partial charge in [-0.2, -0.15) is 0 Å². The van der Waals surface area contributed by atoms with Gasteiger partial charge in [0.2, 0.25) is 0 Å². The maximum absolute atomic E-state index is 4.37. The molecule has 0 N–H and O–H groups in total. The minimum atomic E-state index is 1.16. The second-order valence-electron chi connectivity index (χ2n) is 3.67. The van der Waals surface area contributed by atoms with Crippen molar-refractivity contribution in [1.29, 1.82) is 0 Å². The molecule has 0 aliphatic carbocycles. The van der Waals surface area contributed by atoms with Crippen LogP contribution in [-0.2, 0) is 0 Å². The maximum atomic E-state index is 4.37. The van der Waals surface area contributed by atoms with E-state index in [1.807, 2.05) is 12.3 Å². The summed E-state index contributed by atoms with van der Waals surface area (Å²) in [6, 6.07) is 4.20. The Morgan fingerprint density at radius 2 is 2.14 bits per heavy atom. The van der Waals surface area contributed by atoms with Crippen molar-refractivity contribution in [2.45, 2.75) is 12.8 Å². The minimum Gasteiger partial charge on any atom is -0.370 e. The van der Waals surface area contributed by atoms with Crippen LogP contribution in [0.15, 0.2) is 23.7 Å². The van der Waals surface area contributed by atoms with Crippen LogP contribution in [0.25, 0.3) is 10.2 Å². The van der Waals surface area contributed by atoms with Crippen LogP contribution in [0.4, 0.5) is 5.69 Å². The number of thiophene rings is 1. The van der Waals surface area contributed by atoms with Gasteiger partial charge in [-0.05, 0) is 25.0 Å². The van der Waals surface area contributed by atoms with E-state index in [2.05, 4.69) is 21.3 Å². The molecule has 0 amide bonds. The highest BCUT2D eigenvalue weighted by Gasteiger charge is 2.15. The van der Waals surface area contributed by atoms with Gasteiger partial charge in [-0.15, -0.1) is 11.3 Å². The molecule has 1 aliphatic heterocycles. The molecule has 0 saturated carbocycles. The molecule has 3 heterocycles. The van der Waals surface area contributed by atoms with Gasteiger partial charge in [0.05, 0.1) is 5.69 Å². The molecule has 0 bridgehead atoms. The Bertz CT molecular complexity index is 443. The fraction of sp³-hybridized carbons (Fsp3) is 0.364. The van der Waals surface area contributed by atoms with Crippen molar-refractivity contribution in [3.05, 3.63) is 23.7 Å². The van der Waals surface area contributed by atoms with Crippen LogP contribution in [0.3, 0.4) is 0 Å². The summed E-state index contributed by atoms with van der Waals surface area (Å²) in [7, 11) is 0. The highest BCUT2D eigenvalue weighted by molar-refractivity contribution is 7.17. The van der Waals surface area contributed by atoms with Crippen LogP contribution < -0.4 is 4.90 Å². The summed E-state index contributed by atoms with van der Waals surface area (Å²) in [6.45, 7) is 2.42. The molecule has 1 saturated heterocycles. The van der Waals surface area contributed by atoms with E-state index in [0.29, 0.717) is 0 Å². The van der Waals surface area contributed by atoms with E-state index in [1.54, 1.807) is 11.3 Å². The first-order valence-corrected chi connectivity index (χ1v) is 5.90. The predicted octanol–water partition coefficient (Wildman–Crippen LogP) is 2.90. The minimum absolute atomic E-state index is 1.16. The molecule has 3 heteroatoms. The van der Waals surface area contributed by atoms with Crippen LogP contribution in [0, 0.1) is 0 Å². The molecule has 2 nitrogen and oxygen atoms in total. The van der Waals surface area contributed by atoms with Gasteiger partial charge in [0.15, 0.2) is 0 Å². The topological polar surface area (TPSA) is 16.1 Å². The van der Waals surface area contributed by atoms with E-state index in [1.165, 1.54) is 37.0 Å². The zero-order valence-corrected chi connectivity index (χ0v) is 8.76. The average molecular weight is 204 g/mol. The normalized spacial score (nSPS) is 16.7. The molecule has 14 heavy (non-hydrogen) atoms. The number of fused-ring (bicyclic) bond motifs is 1. The van der Waals surface area contributed by atoms with Gasteiger partial charge < -0.3 is 4.90 Å². The molecule has 72 valence electrons. The van der Waals surface area contributed by atoms with Crippen LogP contribution >= 0.6 is 11.3 Å². The van der Waals surface area contributed by atoms with Crippen molar-refractivity contribution < 1.29 is 0 Å². The van der Waals surface area contributed by atoms with E-state index >= 15 is 0 Å². The van der Waals surface area contributed by atoms with Gasteiger partial charge in [0, 0.05) is 30.1 Å². The number of hydrogen-bond acceptors (Lipinski definition) is 3. The third-order valence-electron chi connectivity index (χ3n) is 2.78. The first-order valence-electron chi connectivity index (χ1n) is 5.02. The molecule has 0 unspecified atom stereocenters. The Morgan fingerprint density at radius 3 is 3.00 bits per heavy atom. The summed E-state index contributed by atoms with van der Waals surface area (Å²) in [4.78, 5) is 8.00. The van der Waals surface area contributed by atoms with Crippen molar-refractivity contribution in [2.24, 2.45) is 0 Å². The third kappa shape index (κ3) is 1.20. The molecule has 2 aromatic rings.